The Kier molecular flexibility index (Phi) is 6.16. The molecule has 1 aliphatic carbocycles. The highest BCUT2D eigenvalue weighted by molar-refractivity contribution is 5.94. The molecule has 3 fully saturated rings. The summed E-state index contributed by atoms with van der Waals surface area (Å²) in [6.45, 7) is 6.00. The van der Waals surface area contributed by atoms with Gasteiger partial charge in [-0.1, -0.05) is 12.5 Å². The molecule has 1 aromatic heterocycles. The first kappa shape index (κ1) is 21.9. The van der Waals surface area contributed by atoms with Crippen molar-refractivity contribution in [1.82, 2.24) is 14.8 Å². The van der Waals surface area contributed by atoms with Gasteiger partial charge in [0.15, 0.2) is 0 Å². The van der Waals surface area contributed by atoms with Gasteiger partial charge in [0, 0.05) is 64.3 Å². The highest BCUT2D eigenvalue weighted by atomic mass is 16.5. The summed E-state index contributed by atoms with van der Waals surface area (Å²) in [5.41, 5.74) is 3.68. The number of hydrogen-bond acceptors (Lipinski definition) is 5. The van der Waals surface area contributed by atoms with Crippen molar-refractivity contribution in [2.45, 2.75) is 63.5 Å². The summed E-state index contributed by atoms with van der Waals surface area (Å²) >= 11 is 0. The highest BCUT2D eigenvalue weighted by Crippen LogP contribution is 2.30. The molecular formula is C28H36N4O2. The number of benzene rings is 1. The number of piperidine rings is 1. The molecule has 0 atom stereocenters. The van der Waals surface area contributed by atoms with Crippen molar-refractivity contribution in [3.05, 3.63) is 53.2 Å². The number of amides is 1. The summed E-state index contributed by atoms with van der Waals surface area (Å²) < 4.78 is 6.44. The Bertz CT molecular complexity index is 1010. The molecule has 1 amide bonds. The molecule has 2 aromatic rings. The second kappa shape index (κ2) is 9.57. The molecule has 4 heterocycles. The molecule has 0 unspecified atom stereocenters. The molecule has 34 heavy (non-hydrogen) atoms. The number of fused-ring (bicyclic) bond motifs is 1. The first-order valence-electron chi connectivity index (χ1n) is 13.3. The Morgan fingerprint density at radius 2 is 1.65 bits per heavy atom. The number of carbonyl (C=O) groups excluding carboxylic acids is 1. The lowest BCUT2D eigenvalue weighted by Crippen LogP contribution is -2.42. The Morgan fingerprint density at radius 1 is 0.853 bits per heavy atom. The smallest absolute Gasteiger partial charge is 0.255 e. The van der Waals surface area contributed by atoms with Gasteiger partial charge in [0.25, 0.3) is 5.91 Å². The van der Waals surface area contributed by atoms with Crippen LogP contribution in [0.1, 0.15) is 60.0 Å². The van der Waals surface area contributed by atoms with Gasteiger partial charge in [0.1, 0.15) is 17.7 Å². The zero-order valence-electron chi connectivity index (χ0n) is 20.1. The van der Waals surface area contributed by atoms with Crippen molar-refractivity contribution in [3.63, 3.8) is 0 Å². The van der Waals surface area contributed by atoms with E-state index in [-0.39, 0.29) is 12.0 Å². The molecular weight excluding hydrogens is 424 g/mol. The molecule has 1 aromatic carbocycles. The summed E-state index contributed by atoms with van der Waals surface area (Å²) in [6.07, 6.45) is 11.6. The van der Waals surface area contributed by atoms with Gasteiger partial charge in [-0.25, -0.2) is 4.98 Å². The number of carbonyl (C=O) groups is 1. The van der Waals surface area contributed by atoms with Crippen LogP contribution in [0.3, 0.4) is 0 Å². The molecule has 6 heteroatoms. The molecule has 0 spiro atoms. The molecule has 0 N–H and O–H groups in total. The van der Waals surface area contributed by atoms with E-state index in [1.807, 2.05) is 17.0 Å². The minimum atomic E-state index is 0.105. The van der Waals surface area contributed by atoms with Gasteiger partial charge in [-0.05, 0) is 67.5 Å². The van der Waals surface area contributed by atoms with Crippen LogP contribution in [-0.2, 0) is 12.8 Å². The van der Waals surface area contributed by atoms with Crippen molar-refractivity contribution in [3.8, 4) is 5.75 Å². The van der Waals surface area contributed by atoms with Crippen LogP contribution >= 0.6 is 0 Å². The van der Waals surface area contributed by atoms with E-state index in [0.29, 0.717) is 5.56 Å². The van der Waals surface area contributed by atoms with E-state index in [0.717, 1.165) is 69.5 Å². The molecule has 6 nitrogen and oxygen atoms in total. The Morgan fingerprint density at radius 3 is 2.29 bits per heavy atom. The van der Waals surface area contributed by atoms with E-state index in [1.165, 1.54) is 49.9 Å². The number of aromatic nitrogens is 1. The normalized spacial score (nSPS) is 21.9. The molecule has 180 valence electrons. The largest absolute Gasteiger partial charge is 0.490 e. The van der Waals surface area contributed by atoms with Crippen LogP contribution in [0.15, 0.2) is 36.5 Å². The standard InChI is InChI=1S/C28H36N4O2/c33-28(32-13-2-14-32)23-6-8-27(29-20-23)31-17-11-25(12-18-31)34-26-7-5-21-9-15-30(24-3-1-4-24)16-10-22(21)19-26/h5-8,19-20,24-25H,1-4,9-18H2. The van der Waals surface area contributed by atoms with E-state index < -0.39 is 0 Å². The predicted octanol–water partition coefficient (Wildman–Crippen LogP) is 3.93. The summed E-state index contributed by atoms with van der Waals surface area (Å²) in [5.74, 6) is 2.09. The average molecular weight is 461 g/mol. The molecule has 6 rings (SSSR count). The van der Waals surface area contributed by atoms with Crippen LogP contribution < -0.4 is 9.64 Å². The van der Waals surface area contributed by atoms with Crippen LogP contribution in [-0.4, -0.2) is 72.1 Å². The third-order valence-electron chi connectivity index (χ3n) is 8.31. The van der Waals surface area contributed by atoms with Crippen molar-refractivity contribution < 1.29 is 9.53 Å². The lowest BCUT2D eigenvalue weighted by atomic mass is 9.91. The second-order valence-electron chi connectivity index (χ2n) is 10.4. The van der Waals surface area contributed by atoms with Crippen LogP contribution in [0.4, 0.5) is 5.82 Å². The Balaban J connectivity index is 1.02. The van der Waals surface area contributed by atoms with Crippen molar-refractivity contribution in [2.75, 3.05) is 44.2 Å². The third kappa shape index (κ3) is 4.52. The second-order valence-corrected chi connectivity index (χ2v) is 10.4. The van der Waals surface area contributed by atoms with E-state index >= 15 is 0 Å². The summed E-state index contributed by atoms with van der Waals surface area (Å²) in [7, 11) is 0. The summed E-state index contributed by atoms with van der Waals surface area (Å²) in [6, 6.07) is 11.5. The number of ether oxygens (including phenoxy) is 1. The van der Waals surface area contributed by atoms with E-state index in [4.69, 9.17) is 4.74 Å². The van der Waals surface area contributed by atoms with E-state index in [1.54, 1.807) is 6.20 Å². The molecule has 2 saturated heterocycles. The van der Waals surface area contributed by atoms with Crippen molar-refractivity contribution >= 4 is 11.7 Å². The Labute approximate surface area is 202 Å². The zero-order chi connectivity index (χ0) is 22.9. The predicted molar refractivity (Wildman–Crippen MR) is 134 cm³/mol. The number of likely N-dealkylation sites (tertiary alicyclic amines) is 1. The zero-order valence-corrected chi connectivity index (χ0v) is 20.1. The van der Waals surface area contributed by atoms with Gasteiger partial charge < -0.3 is 14.5 Å². The maximum Gasteiger partial charge on any atom is 0.255 e. The van der Waals surface area contributed by atoms with Gasteiger partial charge in [0.05, 0.1) is 5.56 Å². The minimum Gasteiger partial charge on any atom is -0.490 e. The number of nitrogens with zero attached hydrogens (tertiary/aromatic N) is 4. The molecule has 4 aliphatic rings. The number of pyridine rings is 1. The average Bonchev–Trinajstić information content (AvgIpc) is 3.00. The summed E-state index contributed by atoms with van der Waals surface area (Å²) in [5, 5.41) is 0. The fourth-order valence-electron chi connectivity index (χ4n) is 5.71. The summed E-state index contributed by atoms with van der Waals surface area (Å²) in [4.78, 5) is 23.8. The highest BCUT2D eigenvalue weighted by Gasteiger charge is 2.27. The van der Waals surface area contributed by atoms with Crippen molar-refractivity contribution in [1.29, 1.82) is 0 Å². The first-order valence-corrected chi connectivity index (χ1v) is 13.3. The topological polar surface area (TPSA) is 48.9 Å². The minimum absolute atomic E-state index is 0.105. The van der Waals surface area contributed by atoms with E-state index in [9.17, 15) is 4.79 Å². The number of hydrogen-bond donors (Lipinski definition) is 0. The van der Waals surface area contributed by atoms with Gasteiger partial charge in [-0.15, -0.1) is 0 Å². The third-order valence-corrected chi connectivity index (χ3v) is 8.31. The number of anilines is 1. The van der Waals surface area contributed by atoms with Gasteiger partial charge in [0.2, 0.25) is 0 Å². The fraction of sp³-hybridized carbons (Fsp3) is 0.571. The van der Waals surface area contributed by atoms with Gasteiger partial charge in [-0.3, -0.25) is 9.69 Å². The Hall–Kier alpha value is -2.60. The van der Waals surface area contributed by atoms with Crippen LogP contribution in [0.5, 0.6) is 5.75 Å². The first-order chi connectivity index (χ1) is 16.7. The quantitative estimate of drug-likeness (QED) is 0.677. The maximum atomic E-state index is 12.4. The van der Waals surface area contributed by atoms with Crippen LogP contribution in [0.2, 0.25) is 0 Å². The lowest BCUT2D eigenvalue weighted by molar-refractivity contribution is 0.0651. The van der Waals surface area contributed by atoms with Gasteiger partial charge >= 0.3 is 0 Å². The molecule has 0 bridgehead atoms. The van der Waals surface area contributed by atoms with Gasteiger partial charge in [-0.2, -0.15) is 0 Å². The van der Waals surface area contributed by atoms with Crippen LogP contribution in [0, 0.1) is 0 Å². The van der Waals surface area contributed by atoms with Crippen molar-refractivity contribution in [2.24, 2.45) is 0 Å². The number of rotatable bonds is 5. The van der Waals surface area contributed by atoms with Crippen LogP contribution in [0.25, 0.3) is 0 Å². The van der Waals surface area contributed by atoms with E-state index in [2.05, 4.69) is 33.0 Å². The monoisotopic (exact) mass is 460 g/mol. The molecule has 3 aliphatic heterocycles. The molecule has 0 radical (unpaired) electrons. The lowest BCUT2D eigenvalue weighted by Gasteiger charge is -2.36. The molecule has 1 saturated carbocycles. The maximum absolute atomic E-state index is 12.4. The SMILES string of the molecule is O=C(c1ccc(N2CCC(Oc3ccc4c(c3)CCN(C3CCC3)CC4)CC2)nc1)N1CCC1. The fourth-order valence-corrected chi connectivity index (χ4v) is 5.71.